The molecule has 0 amide bonds. The minimum absolute atomic E-state index is 0.140. The molecule has 1 unspecified atom stereocenters. The molecule has 0 heterocycles. The lowest BCUT2D eigenvalue weighted by Crippen LogP contribution is -1.95. The van der Waals surface area contributed by atoms with Gasteiger partial charge in [-0.3, -0.25) is 0 Å². The average molecular weight is 224 g/mol. The molecule has 0 saturated carbocycles. The Morgan fingerprint density at radius 2 is 1.65 bits per heavy atom. The molecule has 0 nitrogen and oxygen atoms in total. The molecule has 0 aliphatic heterocycles. The van der Waals surface area contributed by atoms with E-state index in [4.69, 9.17) is 0 Å². The van der Waals surface area contributed by atoms with Crippen molar-refractivity contribution >= 4 is 11.6 Å². The topological polar surface area (TPSA) is 0 Å². The van der Waals surface area contributed by atoms with Gasteiger partial charge in [0.15, 0.2) is 0 Å². The first-order valence-electron chi connectivity index (χ1n) is 5.83. The fourth-order valence-corrected chi connectivity index (χ4v) is 2.50. The quantitative estimate of drug-likeness (QED) is 0.669. The van der Waals surface area contributed by atoms with Gasteiger partial charge in [0.2, 0.25) is 0 Å². The number of allylic oxidation sites excluding steroid dienone is 1. The third kappa shape index (κ3) is 1.59. The first-order valence-corrected chi connectivity index (χ1v) is 5.83. The molecule has 1 atom stereocenters. The van der Waals surface area contributed by atoms with Crippen LogP contribution < -0.4 is 0 Å². The largest absolute Gasteiger partial charge is 0.206 e. The van der Waals surface area contributed by atoms with Crippen LogP contribution in [0.15, 0.2) is 48.5 Å². The molecular formula is C16H13F. The second-order valence-corrected chi connectivity index (χ2v) is 4.43. The number of hydrogen-bond acceptors (Lipinski definition) is 0. The van der Waals surface area contributed by atoms with E-state index in [1.165, 1.54) is 17.2 Å². The van der Waals surface area contributed by atoms with Crippen molar-refractivity contribution in [2.75, 3.05) is 0 Å². The van der Waals surface area contributed by atoms with Crippen LogP contribution in [0.4, 0.5) is 4.39 Å². The van der Waals surface area contributed by atoms with E-state index in [1.54, 1.807) is 6.07 Å². The zero-order valence-electron chi connectivity index (χ0n) is 9.65. The molecule has 2 aromatic rings. The molecule has 1 aliphatic rings. The van der Waals surface area contributed by atoms with E-state index >= 15 is 0 Å². The van der Waals surface area contributed by atoms with Crippen molar-refractivity contribution in [1.82, 2.24) is 0 Å². The number of hydrogen-bond donors (Lipinski definition) is 0. The average Bonchev–Trinajstić information content (AvgIpc) is 2.68. The van der Waals surface area contributed by atoms with Crippen LogP contribution >= 0.6 is 0 Å². The second-order valence-electron chi connectivity index (χ2n) is 4.43. The molecule has 3 rings (SSSR count). The van der Waals surface area contributed by atoms with Crippen LogP contribution in [0.1, 0.15) is 29.5 Å². The predicted octanol–water partition coefficient (Wildman–Crippen LogP) is 4.48. The minimum atomic E-state index is -0.140. The Labute approximate surface area is 100 Å². The fraction of sp³-hybridized carbons (Fsp3) is 0.125. The lowest BCUT2D eigenvalue weighted by Gasteiger charge is -2.11. The molecule has 0 saturated heterocycles. The smallest absolute Gasteiger partial charge is 0.130 e. The summed E-state index contributed by atoms with van der Waals surface area (Å²) in [6, 6.07) is 15.2. The predicted molar refractivity (Wildman–Crippen MR) is 69.1 cm³/mol. The van der Waals surface area contributed by atoms with Gasteiger partial charge < -0.3 is 0 Å². The molecule has 1 heteroatoms. The Bertz CT molecular complexity index is 596. The monoisotopic (exact) mass is 224 g/mol. The number of halogens is 1. The maximum absolute atomic E-state index is 13.8. The lowest BCUT2D eigenvalue weighted by molar-refractivity contribution is 0.623. The molecule has 0 N–H and O–H groups in total. The van der Waals surface area contributed by atoms with Gasteiger partial charge in [-0.25, -0.2) is 4.39 Å². The summed E-state index contributed by atoms with van der Waals surface area (Å²) in [6.45, 7) is 2.13. The molecule has 2 aromatic carbocycles. The molecule has 17 heavy (non-hydrogen) atoms. The third-order valence-corrected chi connectivity index (χ3v) is 3.42. The summed E-state index contributed by atoms with van der Waals surface area (Å²) in [6.07, 6.45) is 2.10. The van der Waals surface area contributed by atoms with Crippen molar-refractivity contribution < 1.29 is 4.39 Å². The standard InChI is InChI=1S/C16H13F/c1-11-13-7-3-2-6-12(13)10-15(11)14-8-4-5-9-16(14)17/h2-11H,1H3. The Morgan fingerprint density at radius 1 is 0.941 bits per heavy atom. The summed E-state index contributed by atoms with van der Waals surface area (Å²) in [4.78, 5) is 0. The number of fused-ring (bicyclic) bond motifs is 1. The van der Waals surface area contributed by atoms with Crippen LogP contribution in [0, 0.1) is 5.82 Å². The molecule has 0 spiro atoms. The second kappa shape index (κ2) is 3.85. The summed E-state index contributed by atoms with van der Waals surface area (Å²) in [5.41, 5.74) is 4.28. The Balaban J connectivity index is 2.12. The molecule has 1 aliphatic carbocycles. The Hall–Kier alpha value is -1.89. The van der Waals surface area contributed by atoms with Crippen molar-refractivity contribution in [3.8, 4) is 0 Å². The van der Waals surface area contributed by atoms with Gasteiger partial charge in [0, 0.05) is 11.5 Å². The van der Waals surface area contributed by atoms with Gasteiger partial charge in [0.25, 0.3) is 0 Å². The van der Waals surface area contributed by atoms with Crippen LogP contribution in [-0.2, 0) is 0 Å². The van der Waals surface area contributed by atoms with Crippen LogP contribution in [-0.4, -0.2) is 0 Å². The van der Waals surface area contributed by atoms with Gasteiger partial charge in [-0.1, -0.05) is 55.5 Å². The molecule has 84 valence electrons. The fourth-order valence-electron chi connectivity index (χ4n) is 2.50. The summed E-state index contributed by atoms with van der Waals surface area (Å²) in [5, 5.41) is 0. The van der Waals surface area contributed by atoms with E-state index in [1.807, 2.05) is 24.3 Å². The van der Waals surface area contributed by atoms with Gasteiger partial charge in [-0.15, -0.1) is 0 Å². The van der Waals surface area contributed by atoms with Crippen LogP contribution in [0.5, 0.6) is 0 Å². The first kappa shape index (κ1) is 10.3. The van der Waals surface area contributed by atoms with E-state index in [0.717, 1.165) is 11.1 Å². The van der Waals surface area contributed by atoms with Gasteiger partial charge in [0.05, 0.1) is 0 Å². The highest BCUT2D eigenvalue weighted by Crippen LogP contribution is 2.41. The van der Waals surface area contributed by atoms with E-state index in [2.05, 4.69) is 25.1 Å². The summed E-state index contributed by atoms with van der Waals surface area (Å²) < 4.78 is 13.8. The molecule has 0 radical (unpaired) electrons. The van der Waals surface area contributed by atoms with Crippen LogP contribution in [0.25, 0.3) is 11.6 Å². The maximum atomic E-state index is 13.8. The SMILES string of the molecule is CC1C(c2ccccc2F)=Cc2ccccc21. The Morgan fingerprint density at radius 3 is 2.41 bits per heavy atom. The summed E-state index contributed by atoms with van der Waals surface area (Å²) >= 11 is 0. The van der Waals surface area contributed by atoms with E-state index in [-0.39, 0.29) is 11.7 Å². The van der Waals surface area contributed by atoms with Crippen molar-refractivity contribution in [3.63, 3.8) is 0 Å². The van der Waals surface area contributed by atoms with Gasteiger partial charge in [0.1, 0.15) is 5.82 Å². The first-order chi connectivity index (χ1) is 8.27. The van der Waals surface area contributed by atoms with Crippen LogP contribution in [0.2, 0.25) is 0 Å². The lowest BCUT2D eigenvalue weighted by atomic mass is 9.93. The van der Waals surface area contributed by atoms with Gasteiger partial charge >= 0.3 is 0 Å². The zero-order valence-corrected chi connectivity index (χ0v) is 9.65. The van der Waals surface area contributed by atoms with Crippen molar-refractivity contribution in [3.05, 3.63) is 71.0 Å². The van der Waals surface area contributed by atoms with E-state index < -0.39 is 0 Å². The maximum Gasteiger partial charge on any atom is 0.130 e. The number of rotatable bonds is 1. The number of benzene rings is 2. The van der Waals surface area contributed by atoms with Crippen molar-refractivity contribution in [2.45, 2.75) is 12.8 Å². The molecular weight excluding hydrogens is 211 g/mol. The molecule has 0 fully saturated rings. The van der Waals surface area contributed by atoms with E-state index in [0.29, 0.717) is 0 Å². The van der Waals surface area contributed by atoms with Crippen molar-refractivity contribution in [1.29, 1.82) is 0 Å². The van der Waals surface area contributed by atoms with Gasteiger partial charge in [-0.2, -0.15) is 0 Å². The highest BCUT2D eigenvalue weighted by molar-refractivity contribution is 5.91. The third-order valence-electron chi connectivity index (χ3n) is 3.42. The Kier molecular flexibility index (Phi) is 2.32. The van der Waals surface area contributed by atoms with Crippen LogP contribution in [0.3, 0.4) is 0 Å². The van der Waals surface area contributed by atoms with Crippen molar-refractivity contribution in [2.24, 2.45) is 0 Å². The highest BCUT2D eigenvalue weighted by atomic mass is 19.1. The molecule has 0 aromatic heterocycles. The van der Waals surface area contributed by atoms with E-state index in [9.17, 15) is 4.39 Å². The normalized spacial score (nSPS) is 17.8. The van der Waals surface area contributed by atoms with Gasteiger partial charge in [-0.05, 0) is 22.8 Å². The summed E-state index contributed by atoms with van der Waals surface area (Å²) in [5.74, 6) is 0.126. The minimum Gasteiger partial charge on any atom is -0.206 e. The highest BCUT2D eigenvalue weighted by Gasteiger charge is 2.23. The zero-order chi connectivity index (χ0) is 11.8. The summed E-state index contributed by atoms with van der Waals surface area (Å²) in [7, 11) is 0. The molecule has 0 bridgehead atoms.